The lowest BCUT2D eigenvalue weighted by molar-refractivity contribution is -0.144. The summed E-state index contributed by atoms with van der Waals surface area (Å²) < 4.78 is 11.8. The minimum Gasteiger partial charge on any atom is -0.487 e. The first kappa shape index (κ1) is 22.7. The van der Waals surface area contributed by atoms with Crippen molar-refractivity contribution in [3.63, 3.8) is 0 Å². The van der Waals surface area contributed by atoms with Gasteiger partial charge < -0.3 is 14.3 Å². The van der Waals surface area contributed by atoms with Gasteiger partial charge in [0, 0.05) is 12.0 Å². The first-order valence-electron chi connectivity index (χ1n) is 11.0. The number of aryl methyl sites for hydroxylation is 1. The summed E-state index contributed by atoms with van der Waals surface area (Å²) in [4.78, 5) is 38.7. The number of hydrogen-bond donors (Lipinski definition) is 0. The molecule has 31 heavy (non-hydrogen) atoms. The van der Waals surface area contributed by atoms with Crippen molar-refractivity contribution in [3.8, 4) is 11.5 Å². The maximum atomic E-state index is 13.5. The highest BCUT2D eigenvalue weighted by Gasteiger charge is 2.50. The Kier molecular flexibility index (Phi) is 7.26. The van der Waals surface area contributed by atoms with Gasteiger partial charge in [-0.05, 0) is 56.7 Å². The summed E-state index contributed by atoms with van der Waals surface area (Å²) in [6, 6.07) is 14.4. The zero-order valence-corrected chi connectivity index (χ0v) is 18.5. The van der Waals surface area contributed by atoms with E-state index in [1.165, 1.54) is 6.92 Å². The number of ketones is 2. The second kappa shape index (κ2) is 9.90. The number of carbonyl (C=O) groups excluding carboxylic acids is 3. The quantitative estimate of drug-likeness (QED) is 0.310. The van der Waals surface area contributed by atoms with Crippen LogP contribution in [0.3, 0.4) is 0 Å². The first-order chi connectivity index (χ1) is 14.9. The van der Waals surface area contributed by atoms with Crippen molar-refractivity contribution in [2.45, 2.75) is 65.4 Å². The molecular formula is C26H30O5. The summed E-state index contributed by atoms with van der Waals surface area (Å²) >= 11 is 0. The van der Waals surface area contributed by atoms with Crippen LogP contribution in [0.5, 0.6) is 11.5 Å². The molecule has 1 atom stereocenters. The highest BCUT2D eigenvalue weighted by molar-refractivity contribution is 6.14. The van der Waals surface area contributed by atoms with E-state index < -0.39 is 11.4 Å². The van der Waals surface area contributed by atoms with E-state index in [2.05, 4.69) is 0 Å². The summed E-state index contributed by atoms with van der Waals surface area (Å²) in [6.45, 7) is 5.55. The van der Waals surface area contributed by atoms with E-state index in [0.29, 0.717) is 29.9 Å². The number of fused-ring (bicyclic) bond motifs is 1. The number of benzene rings is 2. The van der Waals surface area contributed by atoms with E-state index in [-0.39, 0.29) is 30.5 Å². The Labute approximate surface area is 183 Å². The Balaban J connectivity index is 1.93. The minimum atomic E-state index is -1.37. The first-order valence-corrected chi connectivity index (χ1v) is 11.0. The van der Waals surface area contributed by atoms with E-state index in [4.69, 9.17) is 9.47 Å². The molecule has 0 aromatic heterocycles. The van der Waals surface area contributed by atoms with E-state index >= 15 is 0 Å². The van der Waals surface area contributed by atoms with E-state index in [1.54, 1.807) is 30.3 Å². The third-order valence-corrected chi connectivity index (χ3v) is 6.07. The van der Waals surface area contributed by atoms with E-state index in [0.717, 1.165) is 18.4 Å². The van der Waals surface area contributed by atoms with Gasteiger partial charge in [-0.1, -0.05) is 50.2 Å². The van der Waals surface area contributed by atoms with Gasteiger partial charge in [0.15, 0.2) is 17.3 Å². The molecule has 0 fully saturated rings. The predicted octanol–water partition coefficient (Wildman–Crippen LogP) is 5.34. The van der Waals surface area contributed by atoms with Crippen molar-refractivity contribution in [2.24, 2.45) is 5.41 Å². The lowest BCUT2D eigenvalue weighted by atomic mass is 9.67. The maximum absolute atomic E-state index is 13.5. The average molecular weight is 423 g/mol. The molecule has 2 aromatic rings. The van der Waals surface area contributed by atoms with Crippen molar-refractivity contribution in [1.82, 2.24) is 0 Å². The number of carbonyl (C=O) groups is 3. The van der Waals surface area contributed by atoms with Crippen molar-refractivity contribution in [1.29, 1.82) is 0 Å². The van der Waals surface area contributed by atoms with Gasteiger partial charge in [-0.25, -0.2) is 0 Å². The molecule has 164 valence electrons. The van der Waals surface area contributed by atoms with Crippen molar-refractivity contribution >= 4 is 17.5 Å². The van der Waals surface area contributed by atoms with Gasteiger partial charge in [-0.15, -0.1) is 0 Å². The van der Waals surface area contributed by atoms with E-state index in [1.807, 2.05) is 32.0 Å². The predicted molar refractivity (Wildman–Crippen MR) is 119 cm³/mol. The molecule has 0 amide bonds. The topological polar surface area (TPSA) is 69.7 Å². The maximum Gasteiger partial charge on any atom is 0.325 e. The van der Waals surface area contributed by atoms with Gasteiger partial charge in [0.2, 0.25) is 0 Å². The van der Waals surface area contributed by atoms with Crippen LogP contribution in [0.15, 0.2) is 48.5 Å². The van der Waals surface area contributed by atoms with Crippen LogP contribution >= 0.6 is 0 Å². The number of Topliss-reactive ketones (excluding diaryl/α,β-unsaturated/α-hetero) is 2. The molecule has 0 saturated carbocycles. The third kappa shape index (κ3) is 4.87. The van der Waals surface area contributed by atoms with Gasteiger partial charge in [0.25, 0.3) is 0 Å². The van der Waals surface area contributed by atoms with Crippen LogP contribution in [-0.4, -0.2) is 23.6 Å². The molecule has 0 saturated heterocycles. The zero-order chi connectivity index (χ0) is 22.4. The molecule has 1 aliphatic rings. The fraction of sp³-hybridized carbons (Fsp3) is 0.423. The molecule has 3 rings (SSSR count). The van der Waals surface area contributed by atoms with Crippen molar-refractivity contribution in [2.75, 3.05) is 0 Å². The fourth-order valence-corrected chi connectivity index (χ4v) is 4.07. The summed E-state index contributed by atoms with van der Waals surface area (Å²) in [7, 11) is 0. The van der Waals surface area contributed by atoms with Crippen LogP contribution in [-0.2, 0) is 16.0 Å². The molecule has 1 unspecified atom stereocenters. The number of hydrogen-bond acceptors (Lipinski definition) is 5. The third-order valence-electron chi connectivity index (χ3n) is 6.07. The average Bonchev–Trinajstić information content (AvgIpc) is 2.78. The second-order valence-electron chi connectivity index (χ2n) is 8.16. The molecule has 2 aromatic carbocycles. The largest absolute Gasteiger partial charge is 0.487 e. The van der Waals surface area contributed by atoms with Gasteiger partial charge in [0.1, 0.15) is 11.2 Å². The highest BCUT2D eigenvalue weighted by atomic mass is 16.6. The Morgan fingerprint density at radius 1 is 1.00 bits per heavy atom. The Hall–Kier alpha value is -2.95. The zero-order valence-electron chi connectivity index (χ0n) is 18.5. The number of para-hydroxylation sites is 2. The van der Waals surface area contributed by atoms with Gasteiger partial charge in [-0.2, -0.15) is 0 Å². The van der Waals surface area contributed by atoms with Crippen molar-refractivity contribution < 1.29 is 23.9 Å². The fourth-order valence-electron chi connectivity index (χ4n) is 4.07. The molecule has 5 nitrogen and oxygen atoms in total. The Morgan fingerprint density at radius 3 is 2.32 bits per heavy atom. The molecule has 0 spiro atoms. The Bertz CT molecular complexity index is 960. The summed E-state index contributed by atoms with van der Waals surface area (Å²) in [6.07, 6.45) is 2.87. The normalized spacial score (nSPS) is 17.9. The molecular weight excluding hydrogens is 392 g/mol. The van der Waals surface area contributed by atoms with Gasteiger partial charge in [0.05, 0.1) is 6.10 Å². The van der Waals surface area contributed by atoms with Crippen LogP contribution in [0, 0.1) is 5.41 Å². The Morgan fingerprint density at radius 2 is 1.65 bits per heavy atom. The van der Waals surface area contributed by atoms with Gasteiger partial charge in [-0.3, -0.25) is 9.59 Å². The molecule has 0 N–H and O–H groups in total. The highest BCUT2D eigenvalue weighted by Crippen LogP contribution is 2.42. The van der Waals surface area contributed by atoms with Crippen LogP contribution < -0.4 is 9.47 Å². The molecule has 5 heteroatoms. The molecule has 0 radical (unpaired) electrons. The lowest BCUT2D eigenvalue weighted by Gasteiger charge is -2.34. The van der Waals surface area contributed by atoms with Crippen molar-refractivity contribution in [3.05, 3.63) is 59.7 Å². The molecule has 0 heterocycles. The summed E-state index contributed by atoms with van der Waals surface area (Å²) in [5.74, 6) is -0.160. The molecule has 0 aliphatic heterocycles. The SMILES string of the molecule is CCC(CC)Oc1ccccc1OC(=O)C1(CCC(C)=O)CCc2ccccc2C1=O. The summed E-state index contributed by atoms with van der Waals surface area (Å²) in [5.41, 5.74) is 0.0919. The second-order valence-corrected chi connectivity index (χ2v) is 8.16. The van der Waals surface area contributed by atoms with Crippen LogP contribution in [0.25, 0.3) is 0 Å². The molecule has 0 bridgehead atoms. The standard InChI is InChI=1S/C26H30O5/c1-4-20(5-2)30-22-12-8-9-13-23(22)31-25(29)26(16-14-18(3)27)17-15-19-10-6-7-11-21(19)24(26)28/h6-13,20H,4-5,14-17H2,1-3H3. The summed E-state index contributed by atoms with van der Waals surface area (Å²) in [5, 5.41) is 0. The monoisotopic (exact) mass is 422 g/mol. The number of rotatable bonds is 9. The van der Waals surface area contributed by atoms with Crippen LogP contribution in [0.2, 0.25) is 0 Å². The smallest absolute Gasteiger partial charge is 0.325 e. The number of ether oxygens (including phenoxy) is 2. The number of esters is 1. The molecule has 1 aliphatic carbocycles. The van der Waals surface area contributed by atoms with Crippen LogP contribution in [0.4, 0.5) is 0 Å². The van der Waals surface area contributed by atoms with Gasteiger partial charge >= 0.3 is 5.97 Å². The van der Waals surface area contributed by atoms with Crippen LogP contribution in [0.1, 0.15) is 68.8 Å². The lowest BCUT2D eigenvalue weighted by Crippen LogP contribution is -2.45. The van der Waals surface area contributed by atoms with E-state index in [9.17, 15) is 14.4 Å². The minimum absolute atomic E-state index is 0.00899.